The third-order valence-electron chi connectivity index (χ3n) is 8.69. The van der Waals surface area contributed by atoms with Crippen LogP contribution >= 0.6 is 0 Å². The number of aliphatic hydroxyl groups excluding tert-OH is 1. The summed E-state index contributed by atoms with van der Waals surface area (Å²) in [5, 5.41) is 9.44. The molecule has 3 nitrogen and oxygen atoms in total. The van der Waals surface area contributed by atoms with E-state index in [1.165, 1.54) is 57.9 Å². The summed E-state index contributed by atoms with van der Waals surface area (Å²) >= 11 is 0. The molecule has 174 valence electrons. The summed E-state index contributed by atoms with van der Waals surface area (Å²) in [4.78, 5) is 4.03. The summed E-state index contributed by atoms with van der Waals surface area (Å²) in [6, 6.07) is 25.4. The fourth-order valence-electron chi connectivity index (χ4n) is 6.93. The Morgan fingerprint density at radius 3 is 2.59 bits per heavy atom. The highest BCUT2D eigenvalue weighted by Crippen LogP contribution is 2.52. The number of nitrogens with zero attached hydrogens (tertiary/aromatic N) is 1. The molecule has 1 fully saturated rings. The molecule has 3 aromatic rings. The second kappa shape index (κ2) is 8.11. The number of hydrogen-bond acceptors (Lipinski definition) is 2. The average molecular weight is 452 g/mol. The van der Waals surface area contributed by atoms with Crippen LogP contribution in [0, 0.1) is 0 Å². The van der Waals surface area contributed by atoms with E-state index in [0.29, 0.717) is 18.0 Å². The Morgan fingerprint density at radius 1 is 1.03 bits per heavy atom. The Bertz CT molecular complexity index is 1240. The minimum absolute atomic E-state index is 0.0956. The first-order valence-electron chi connectivity index (χ1n) is 12.7. The van der Waals surface area contributed by atoms with Crippen molar-refractivity contribution in [3.63, 3.8) is 0 Å². The summed E-state index contributed by atoms with van der Waals surface area (Å²) in [5.41, 5.74) is 9.39. The summed E-state index contributed by atoms with van der Waals surface area (Å²) in [6.45, 7) is 4.85. The first-order chi connectivity index (χ1) is 16.5. The predicted molar refractivity (Wildman–Crippen MR) is 140 cm³/mol. The Morgan fingerprint density at radius 2 is 1.82 bits per heavy atom. The smallest absolute Gasteiger partial charge is 0.135 e. The van der Waals surface area contributed by atoms with Crippen molar-refractivity contribution in [1.29, 1.82) is 0 Å². The molecule has 4 unspecified atom stereocenters. The topological polar surface area (TPSA) is 27.9 Å². The summed E-state index contributed by atoms with van der Waals surface area (Å²) in [5.74, 6) is 0.612. The number of likely N-dealkylation sites (N-methyl/N-ethyl adjacent to an activating group) is 1. The predicted octanol–water partition coefficient (Wildman–Crippen LogP) is 5.49. The number of para-hydroxylation sites is 1. The molecule has 0 aromatic heterocycles. The second-order valence-corrected chi connectivity index (χ2v) is 10.9. The van der Waals surface area contributed by atoms with Crippen molar-refractivity contribution >= 4 is 23.1 Å². The number of hydrogen-bond donors (Lipinski definition) is 2. The summed E-state index contributed by atoms with van der Waals surface area (Å²) in [7, 11) is 2.30. The van der Waals surface area contributed by atoms with Gasteiger partial charge in [0.05, 0.1) is 19.1 Å². The molecule has 4 atom stereocenters. The lowest BCUT2D eigenvalue weighted by Crippen LogP contribution is -3.07. The normalized spacial score (nSPS) is 26.6. The lowest BCUT2D eigenvalue weighted by molar-refractivity contribution is -0.828. The monoisotopic (exact) mass is 451 g/mol. The van der Waals surface area contributed by atoms with Crippen molar-refractivity contribution < 1.29 is 10.0 Å². The summed E-state index contributed by atoms with van der Waals surface area (Å²) in [6.07, 6.45) is 8.60. The lowest BCUT2D eigenvalue weighted by atomic mass is 9.80. The number of benzene rings is 3. The second-order valence-electron chi connectivity index (χ2n) is 10.9. The van der Waals surface area contributed by atoms with E-state index >= 15 is 0 Å². The molecular weight excluding hydrogens is 416 g/mol. The molecule has 3 heteroatoms. The lowest BCUT2D eigenvalue weighted by Gasteiger charge is -2.27. The van der Waals surface area contributed by atoms with Crippen LogP contribution in [0.4, 0.5) is 17.1 Å². The molecule has 3 aliphatic rings. The van der Waals surface area contributed by atoms with E-state index < -0.39 is 0 Å². The fraction of sp³-hybridized carbons (Fsp3) is 0.355. The van der Waals surface area contributed by atoms with E-state index in [0.717, 1.165) is 5.56 Å². The molecule has 0 amide bonds. The molecule has 6 rings (SSSR count). The number of rotatable bonds is 4. The van der Waals surface area contributed by atoms with Gasteiger partial charge in [-0.3, -0.25) is 4.90 Å². The number of anilines is 2. The molecule has 0 spiro atoms. The molecule has 34 heavy (non-hydrogen) atoms. The third-order valence-corrected chi connectivity index (χ3v) is 8.69. The van der Waals surface area contributed by atoms with Gasteiger partial charge in [0.1, 0.15) is 11.7 Å². The van der Waals surface area contributed by atoms with Crippen LogP contribution in [0.3, 0.4) is 0 Å². The molecule has 0 radical (unpaired) electrons. The highest BCUT2D eigenvalue weighted by atomic mass is 16.3. The Labute approximate surface area is 203 Å². The van der Waals surface area contributed by atoms with Crippen LogP contribution in [0.1, 0.15) is 61.3 Å². The molecule has 3 aromatic carbocycles. The Hall–Kier alpha value is -2.88. The van der Waals surface area contributed by atoms with Gasteiger partial charge >= 0.3 is 0 Å². The van der Waals surface area contributed by atoms with Crippen LogP contribution < -0.4 is 9.80 Å². The van der Waals surface area contributed by atoms with E-state index in [1.807, 2.05) is 0 Å². The zero-order valence-electron chi connectivity index (χ0n) is 20.5. The highest BCUT2D eigenvalue weighted by molar-refractivity contribution is 5.75. The Kier molecular flexibility index (Phi) is 5.16. The SMILES string of the molecule is C[NH+]1c2ccccc2C(C)(C)C1/C=C/c1ccc2c(c1)C1CCCC1N2c1ccc(CO)cc1. The molecule has 0 saturated heterocycles. The van der Waals surface area contributed by atoms with Gasteiger partial charge in [0, 0.05) is 28.9 Å². The third kappa shape index (κ3) is 3.25. The molecule has 1 saturated carbocycles. The number of quaternary nitrogens is 1. The van der Waals surface area contributed by atoms with Crippen LogP contribution in [0.15, 0.2) is 72.8 Å². The quantitative estimate of drug-likeness (QED) is 0.549. The number of nitrogens with one attached hydrogen (secondary N) is 1. The molecule has 0 bridgehead atoms. The maximum atomic E-state index is 9.44. The molecule has 1 aliphatic carbocycles. The van der Waals surface area contributed by atoms with Crippen LogP contribution in [0.5, 0.6) is 0 Å². The molecular formula is C31H35N2O+. The minimum atomic E-state index is 0.0956. The zero-order chi connectivity index (χ0) is 23.4. The van der Waals surface area contributed by atoms with Crippen LogP contribution in [0.25, 0.3) is 6.08 Å². The molecule has 2 aliphatic heterocycles. The summed E-state index contributed by atoms with van der Waals surface area (Å²) < 4.78 is 0. The maximum absolute atomic E-state index is 9.44. The van der Waals surface area contributed by atoms with E-state index in [4.69, 9.17) is 0 Å². The average Bonchev–Trinajstić information content (AvgIpc) is 3.49. The van der Waals surface area contributed by atoms with E-state index in [2.05, 4.69) is 105 Å². The van der Waals surface area contributed by atoms with Gasteiger partial charge in [0.2, 0.25) is 0 Å². The largest absolute Gasteiger partial charge is 0.392 e. The maximum Gasteiger partial charge on any atom is 0.135 e. The standard InChI is InChI=1S/C31H34N2O/c1-31(2)26-8-4-5-9-29(26)32(3)30(31)18-14-21-13-17-28-25(19-21)24-7-6-10-27(24)33(28)23-15-11-22(20-34)12-16-23/h4-5,8-9,11-19,24,27,30,34H,6-7,10,20H2,1-3H3/p+1/b18-14+. The van der Waals surface area contributed by atoms with Crippen molar-refractivity contribution in [3.05, 3.63) is 95.1 Å². The highest BCUT2D eigenvalue weighted by Gasteiger charge is 2.46. The van der Waals surface area contributed by atoms with Gasteiger partial charge in [-0.1, -0.05) is 48.9 Å². The zero-order valence-corrected chi connectivity index (χ0v) is 20.5. The van der Waals surface area contributed by atoms with Gasteiger partial charge in [-0.15, -0.1) is 0 Å². The van der Waals surface area contributed by atoms with Gasteiger partial charge < -0.3 is 10.0 Å². The van der Waals surface area contributed by atoms with Gasteiger partial charge in [-0.25, -0.2) is 0 Å². The van der Waals surface area contributed by atoms with Crippen molar-refractivity contribution in [2.24, 2.45) is 0 Å². The first-order valence-corrected chi connectivity index (χ1v) is 12.7. The van der Waals surface area contributed by atoms with E-state index in [1.54, 1.807) is 0 Å². The van der Waals surface area contributed by atoms with E-state index in [-0.39, 0.29) is 12.0 Å². The van der Waals surface area contributed by atoms with Gasteiger partial charge in [0.25, 0.3) is 0 Å². The van der Waals surface area contributed by atoms with Gasteiger partial charge in [-0.2, -0.15) is 0 Å². The van der Waals surface area contributed by atoms with Gasteiger partial charge in [0.15, 0.2) is 0 Å². The Balaban J connectivity index is 1.32. The van der Waals surface area contributed by atoms with Crippen molar-refractivity contribution in [2.45, 2.75) is 63.1 Å². The first kappa shape index (κ1) is 21.6. The molecule has 2 N–H and O–H groups in total. The van der Waals surface area contributed by atoms with Crippen molar-refractivity contribution in [2.75, 3.05) is 11.9 Å². The van der Waals surface area contributed by atoms with Crippen LogP contribution in [0.2, 0.25) is 0 Å². The van der Waals surface area contributed by atoms with E-state index in [9.17, 15) is 5.11 Å². The number of fused-ring (bicyclic) bond motifs is 4. The fourth-order valence-corrected chi connectivity index (χ4v) is 6.93. The van der Waals surface area contributed by atoms with Crippen LogP contribution in [-0.2, 0) is 12.0 Å². The van der Waals surface area contributed by atoms with Crippen molar-refractivity contribution in [1.82, 2.24) is 0 Å². The molecule has 2 heterocycles. The van der Waals surface area contributed by atoms with Crippen molar-refractivity contribution in [3.8, 4) is 0 Å². The van der Waals surface area contributed by atoms with Crippen LogP contribution in [-0.4, -0.2) is 24.2 Å². The van der Waals surface area contributed by atoms with Gasteiger partial charge in [-0.05, 0) is 79.8 Å². The minimum Gasteiger partial charge on any atom is -0.392 e. The number of aliphatic hydroxyl groups is 1.